The van der Waals surface area contributed by atoms with Crippen LogP contribution in [0.2, 0.25) is 0 Å². The Morgan fingerprint density at radius 1 is 1.04 bits per heavy atom. The number of nitrogens with one attached hydrogen (secondary N) is 1. The number of rotatable bonds is 6. The van der Waals surface area contributed by atoms with Crippen LogP contribution in [-0.2, 0) is 4.74 Å². The fraction of sp³-hybridized carbons (Fsp3) is 0.286. The Hall–Kier alpha value is -2.95. The number of unbranched alkanes of at least 4 members (excludes halogenated alkanes) is 1. The van der Waals surface area contributed by atoms with Gasteiger partial charge in [-0.15, -0.1) is 0 Å². The molecule has 0 fully saturated rings. The van der Waals surface area contributed by atoms with E-state index in [0.29, 0.717) is 17.9 Å². The smallest absolute Gasteiger partial charge is 0.360 e. The van der Waals surface area contributed by atoms with E-state index in [2.05, 4.69) is 29.1 Å². The first-order chi connectivity index (χ1) is 12.6. The lowest BCUT2D eigenvalue weighted by molar-refractivity contribution is 0.0494. The van der Waals surface area contributed by atoms with Crippen molar-refractivity contribution in [3.8, 4) is 0 Å². The first-order valence-corrected chi connectivity index (χ1v) is 8.86. The van der Waals surface area contributed by atoms with E-state index in [1.165, 1.54) is 5.56 Å². The average Bonchev–Trinajstić information content (AvgIpc) is 2.64. The number of nitrogens with zero attached hydrogens (tertiary/aromatic N) is 2. The van der Waals surface area contributed by atoms with Crippen LogP contribution in [0.1, 0.15) is 41.4 Å². The highest BCUT2D eigenvalue weighted by molar-refractivity contribution is 5.96. The van der Waals surface area contributed by atoms with E-state index >= 15 is 0 Å². The van der Waals surface area contributed by atoms with E-state index in [1.807, 2.05) is 49.4 Å². The van der Waals surface area contributed by atoms with Gasteiger partial charge in [0.1, 0.15) is 0 Å². The molecule has 26 heavy (non-hydrogen) atoms. The van der Waals surface area contributed by atoms with E-state index in [-0.39, 0.29) is 5.69 Å². The summed E-state index contributed by atoms with van der Waals surface area (Å²) in [5, 5.41) is 3.23. The van der Waals surface area contributed by atoms with Crippen molar-refractivity contribution in [2.75, 3.05) is 11.9 Å². The minimum absolute atomic E-state index is 0.207. The Morgan fingerprint density at radius 3 is 2.46 bits per heavy atom. The van der Waals surface area contributed by atoms with Crippen molar-refractivity contribution >= 4 is 28.5 Å². The highest BCUT2D eigenvalue weighted by Gasteiger charge is 2.18. The molecule has 0 bridgehead atoms. The van der Waals surface area contributed by atoms with Gasteiger partial charge in [0, 0.05) is 5.69 Å². The summed E-state index contributed by atoms with van der Waals surface area (Å²) in [6.07, 6.45) is 1.79. The molecule has 1 heterocycles. The van der Waals surface area contributed by atoms with Gasteiger partial charge in [-0.3, -0.25) is 0 Å². The number of aromatic nitrogens is 2. The van der Waals surface area contributed by atoms with Gasteiger partial charge in [0.15, 0.2) is 11.5 Å². The van der Waals surface area contributed by atoms with Crippen molar-refractivity contribution in [1.82, 2.24) is 9.97 Å². The standard InChI is InChI=1S/C21H23N3O2/c1-4-5-12-26-21(25)19-20(22-16-11-10-14(2)15(3)13-16)24-18-9-7-6-8-17(18)23-19/h6-11,13H,4-5,12H2,1-3H3,(H,22,24). The summed E-state index contributed by atoms with van der Waals surface area (Å²) in [7, 11) is 0. The zero-order valence-corrected chi connectivity index (χ0v) is 15.4. The number of esters is 1. The number of fused-ring (bicyclic) bond motifs is 1. The lowest BCUT2D eigenvalue weighted by Crippen LogP contribution is -2.13. The Labute approximate surface area is 153 Å². The summed E-state index contributed by atoms with van der Waals surface area (Å²) in [4.78, 5) is 21.6. The van der Waals surface area contributed by atoms with Gasteiger partial charge in [0.25, 0.3) is 0 Å². The maximum Gasteiger partial charge on any atom is 0.360 e. The van der Waals surface area contributed by atoms with Crippen molar-refractivity contribution < 1.29 is 9.53 Å². The molecule has 0 radical (unpaired) electrons. The SMILES string of the molecule is CCCCOC(=O)c1nc2ccccc2nc1Nc1ccc(C)c(C)c1. The van der Waals surface area contributed by atoms with Crippen molar-refractivity contribution in [2.45, 2.75) is 33.6 Å². The average molecular weight is 349 g/mol. The molecule has 1 N–H and O–H groups in total. The van der Waals surface area contributed by atoms with Gasteiger partial charge in [-0.25, -0.2) is 14.8 Å². The highest BCUT2D eigenvalue weighted by atomic mass is 16.5. The van der Waals surface area contributed by atoms with Crippen LogP contribution in [0.25, 0.3) is 11.0 Å². The summed E-state index contributed by atoms with van der Waals surface area (Å²) in [5.74, 6) is -0.0449. The van der Waals surface area contributed by atoms with Crippen LogP contribution >= 0.6 is 0 Å². The number of carbonyl (C=O) groups excluding carboxylic acids is 1. The normalized spacial score (nSPS) is 10.7. The zero-order chi connectivity index (χ0) is 18.5. The van der Waals surface area contributed by atoms with Crippen molar-refractivity contribution in [3.63, 3.8) is 0 Å². The van der Waals surface area contributed by atoms with Gasteiger partial charge in [-0.05, 0) is 55.7 Å². The Kier molecular flexibility index (Phi) is 5.46. The molecule has 3 aromatic rings. The third-order valence-corrected chi connectivity index (χ3v) is 4.26. The van der Waals surface area contributed by atoms with Crippen molar-refractivity contribution in [3.05, 3.63) is 59.3 Å². The third-order valence-electron chi connectivity index (χ3n) is 4.26. The Bertz CT molecular complexity index is 938. The van der Waals surface area contributed by atoms with Crippen LogP contribution in [0.15, 0.2) is 42.5 Å². The predicted molar refractivity (Wildman–Crippen MR) is 104 cm³/mol. The van der Waals surface area contributed by atoms with Crippen LogP contribution in [0.3, 0.4) is 0 Å². The van der Waals surface area contributed by atoms with Crippen LogP contribution in [0.4, 0.5) is 11.5 Å². The molecule has 0 amide bonds. The molecule has 0 saturated carbocycles. The Balaban J connectivity index is 1.98. The second-order valence-corrected chi connectivity index (χ2v) is 6.32. The van der Waals surface area contributed by atoms with Gasteiger partial charge in [0.05, 0.1) is 17.6 Å². The topological polar surface area (TPSA) is 64.1 Å². The van der Waals surface area contributed by atoms with E-state index in [0.717, 1.165) is 29.6 Å². The molecule has 5 nitrogen and oxygen atoms in total. The van der Waals surface area contributed by atoms with Gasteiger partial charge in [-0.1, -0.05) is 31.5 Å². The molecule has 5 heteroatoms. The fourth-order valence-corrected chi connectivity index (χ4v) is 2.56. The predicted octanol–water partition coefficient (Wildman–Crippen LogP) is 4.95. The second kappa shape index (κ2) is 7.95. The van der Waals surface area contributed by atoms with Crippen LogP contribution in [0.5, 0.6) is 0 Å². The molecule has 2 aromatic carbocycles. The molecule has 0 atom stereocenters. The summed E-state index contributed by atoms with van der Waals surface area (Å²) >= 11 is 0. The van der Waals surface area contributed by atoms with Gasteiger partial charge >= 0.3 is 5.97 Å². The quantitative estimate of drug-likeness (QED) is 0.504. The van der Waals surface area contributed by atoms with Gasteiger partial charge < -0.3 is 10.1 Å². The van der Waals surface area contributed by atoms with E-state index in [9.17, 15) is 4.79 Å². The first-order valence-electron chi connectivity index (χ1n) is 8.86. The molecule has 0 aliphatic carbocycles. The minimum atomic E-state index is -0.456. The van der Waals surface area contributed by atoms with Crippen LogP contribution < -0.4 is 5.32 Å². The highest BCUT2D eigenvalue weighted by Crippen LogP contribution is 2.23. The van der Waals surface area contributed by atoms with Gasteiger partial charge in [0.2, 0.25) is 0 Å². The number of carbonyl (C=O) groups is 1. The van der Waals surface area contributed by atoms with E-state index < -0.39 is 5.97 Å². The number of anilines is 2. The minimum Gasteiger partial charge on any atom is -0.461 e. The number of hydrogen-bond donors (Lipinski definition) is 1. The van der Waals surface area contributed by atoms with Crippen molar-refractivity contribution in [1.29, 1.82) is 0 Å². The van der Waals surface area contributed by atoms with Crippen molar-refractivity contribution in [2.24, 2.45) is 0 Å². The van der Waals surface area contributed by atoms with Gasteiger partial charge in [-0.2, -0.15) is 0 Å². The molecule has 0 aliphatic heterocycles. The molecular formula is C21H23N3O2. The molecule has 3 rings (SSSR count). The number of benzene rings is 2. The lowest BCUT2D eigenvalue weighted by atomic mass is 10.1. The molecule has 1 aromatic heterocycles. The summed E-state index contributed by atoms with van der Waals surface area (Å²) < 4.78 is 5.36. The van der Waals surface area contributed by atoms with E-state index in [4.69, 9.17) is 4.74 Å². The summed E-state index contributed by atoms with van der Waals surface area (Å²) in [6, 6.07) is 13.5. The molecule has 0 saturated heterocycles. The number of para-hydroxylation sites is 2. The maximum absolute atomic E-state index is 12.5. The Morgan fingerprint density at radius 2 is 1.77 bits per heavy atom. The number of ether oxygens (including phenoxy) is 1. The number of aryl methyl sites for hydroxylation is 2. The monoisotopic (exact) mass is 349 g/mol. The zero-order valence-electron chi connectivity index (χ0n) is 15.4. The summed E-state index contributed by atoms with van der Waals surface area (Å²) in [5.41, 5.74) is 4.83. The second-order valence-electron chi connectivity index (χ2n) is 6.32. The molecule has 0 aliphatic rings. The molecule has 134 valence electrons. The molecule has 0 spiro atoms. The largest absolute Gasteiger partial charge is 0.461 e. The third kappa shape index (κ3) is 3.99. The lowest BCUT2D eigenvalue weighted by Gasteiger charge is -2.12. The van der Waals surface area contributed by atoms with Crippen LogP contribution in [0, 0.1) is 13.8 Å². The van der Waals surface area contributed by atoms with Crippen LogP contribution in [-0.4, -0.2) is 22.5 Å². The summed E-state index contributed by atoms with van der Waals surface area (Å²) in [6.45, 7) is 6.54. The maximum atomic E-state index is 12.5. The fourth-order valence-electron chi connectivity index (χ4n) is 2.56. The number of hydrogen-bond acceptors (Lipinski definition) is 5. The molecule has 0 unspecified atom stereocenters. The van der Waals surface area contributed by atoms with E-state index in [1.54, 1.807) is 0 Å². The first kappa shape index (κ1) is 17.9. The molecular weight excluding hydrogens is 326 g/mol.